The molecule has 0 unspecified atom stereocenters. The first-order chi connectivity index (χ1) is 12.8. The minimum absolute atomic E-state index is 0.218. The minimum atomic E-state index is -0.324. The highest BCUT2D eigenvalue weighted by Gasteiger charge is 2.12. The van der Waals surface area contributed by atoms with Gasteiger partial charge in [0.25, 0.3) is 0 Å². The Morgan fingerprint density at radius 3 is 2.00 bits per heavy atom. The standard InChI is InChI=1S/C22H29N3O2/c1-6-25(7-2)19-8-9-20(17(5)13-19)24-22(27)14-21(26)23-18-11-15(3)10-16(4)12-18/h8-13H,6-7,14H2,1-5H3,(H,23,26)(H,24,27). The van der Waals surface area contributed by atoms with Crippen LogP contribution in [0.1, 0.15) is 37.0 Å². The van der Waals surface area contributed by atoms with Crippen LogP contribution in [-0.2, 0) is 9.59 Å². The first-order valence-electron chi connectivity index (χ1n) is 9.36. The average molecular weight is 367 g/mol. The van der Waals surface area contributed by atoms with Crippen LogP contribution in [0.3, 0.4) is 0 Å². The SMILES string of the molecule is CCN(CC)c1ccc(NC(=O)CC(=O)Nc2cc(C)cc(C)c2)c(C)c1. The lowest BCUT2D eigenvalue weighted by Gasteiger charge is -2.22. The van der Waals surface area contributed by atoms with Gasteiger partial charge in [0, 0.05) is 30.2 Å². The molecule has 144 valence electrons. The maximum atomic E-state index is 12.2. The van der Waals surface area contributed by atoms with E-state index in [2.05, 4.69) is 35.4 Å². The Morgan fingerprint density at radius 2 is 1.44 bits per heavy atom. The first-order valence-corrected chi connectivity index (χ1v) is 9.36. The molecule has 5 nitrogen and oxygen atoms in total. The molecule has 0 bridgehead atoms. The van der Waals surface area contributed by atoms with Gasteiger partial charge in [-0.2, -0.15) is 0 Å². The van der Waals surface area contributed by atoms with Crippen LogP contribution in [0.4, 0.5) is 17.1 Å². The summed E-state index contributed by atoms with van der Waals surface area (Å²) in [6.45, 7) is 12.0. The summed E-state index contributed by atoms with van der Waals surface area (Å²) in [5, 5.41) is 5.62. The van der Waals surface area contributed by atoms with E-state index in [-0.39, 0.29) is 18.2 Å². The zero-order valence-electron chi connectivity index (χ0n) is 16.8. The molecule has 0 atom stereocenters. The van der Waals surface area contributed by atoms with Crippen LogP contribution in [0.15, 0.2) is 36.4 Å². The Bertz CT molecular complexity index is 806. The van der Waals surface area contributed by atoms with Gasteiger partial charge in [-0.1, -0.05) is 6.07 Å². The van der Waals surface area contributed by atoms with Crippen molar-refractivity contribution in [3.8, 4) is 0 Å². The minimum Gasteiger partial charge on any atom is -0.372 e. The van der Waals surface area contributed by atoms with Crippen LogP contribution in [-0.4, -0.2) is 24.9 Å². The number of carbonyl (C=O) groups excluding carboxylic acids is 2. The molecule has 0 aliphatic carbocycles. The van der Waals surface area contributed by atoms with Crippen LogP contribution in [0.25, 0.3) is 0 Å². The predicted octanol–water partition coefficient (Wildman–Crippen LogP) is 4.43. The van der Waals surface area contributed by atoms with Gasteiger partial charge in [-0.05, 0) is 81.6 Å². The van der Waals surface area contributed by atoms with Crippen LogP contribution in [0.2, 0.25) is 0 Å². The smallest absolute Gasteiger partial charge is 0.233 e. The zero-order chi connectivity index (χ0) is 20.0. The van der Waals surface area contributed by atoms with Crippen molar-refractivity contribution >= 4 is 28.9 Å². The van der Waals surface area contributed by atoms with Crippen LogP contribution < -0.4 is 15.5 Å². The van der Waals surface area contributed by atoms with Crippen molar-refractivity contribution in [2.24, 2.45) is 0 Å². The molecule has 5 heteroatoms. The van der Waals surface area contributed by atoms with Crippen molar-refractivity contribution in [1.82, 2.24) is 0 Å². The second kappa shape index (κ2) is 9.21. The van der Waals surface area contributed by atoms with E-state index in [9.17, 15) is 9.59 Å². The van der Waals surface area contributed by atoms with Gasteiger partial charge in [0.1, 0.15) is 6.42 Å². The number of nitrogens with zero attached hydrogens (tertiary/aromatic N) is 1. The molecule has 0 saturated heterocycles. The Balaban J connectivity index is 1.97. The van der Waals surface area contributed by atoms with E-state index in [0.717, 1.165) is 41.2 Å². The van der Waals surface area contributed by atoms with Gasteiger partial charge in [-0.25, -0.2) is 0 Å². The number of anilines is 3. The zero-order valence-corrected chi connectivity index (χ0v) is 16.8. The fourth-order valence-electron chi connectivity index (χ4n) is 3.17. The molecule has 2 aromatic rings. The molecule has 0 aliphatic rings. The number of aryl methyl sites for hydroxylation is 3. The maximum Gasteiger partial charge on any atom is 0.233 e. The van der Waals surface area contributed by atoms with Crippen molar-refractivity contribution in [1.29, 1.82) is 0 Å². The van der Waals surface area contributed by atoms with E-state index in [1.807, 2.05) is 51.1 Å². The second-order valence-corrected chi connectivity index (χ2v) is 6.82. The molecule has 0 spiro atoms. The number of nitrogens with one attached hydrogen (secondary N) is 2. The van der Waals surface area contributed by atoms with E-state index in [0.29, 0.717) is 5.69 Å². The largest absolute Gasteiger partial charge is 0.372 e. The molecular formula is C22H29N3O2. The van der Waals surface area contributed by atoms with Crippen molar-refractivity contribution in [3.63, 3.8) is 0 Å². The number of hydrogen-bond acceptors (Lipinski definition) is 3. The van der Waals surface area contributed by atoms with Gasteiger partial charge < -0.3 is 15.5 Å². The first kappa shape index (κ1) is 20.5. The van der Waals surface area contributed by atoms with E-state index >= 15 is 0 Å². The molecule has 2 N–H and O–H groups in total. The summed E-state index contributed by atoms with van der Waals surface area (Å²) in [5.74, 6) is -0.648. The molecule has 0 aliphatic heterocycles. The highest BCUT2D eigenvalue weighted by atomic mass is 16.2. The molecule has 0 saturated carbocycles. The van der Waals surface area contributed by atoms with E-state index in [4.69, 9.17) is 0 Å². The lowest BCUT2D eigenvalue weighted by atomic mass is 10.1. The van der Waals surface area contributed by atoms with Gasteiger partial charge >= 0.3 is 0 Å². The normalized spacial score (nSPS) is 10.4. The lowest BCUT2D eigenvalue weighted by molar-refractivity contribution is -0.123. The van der Waals surface area contributed by atoms with Gasteiger partial charge in [0.15, 0.2) is 0 Å². The van der Waals surface area contributed by atoms with Crippen LogP contribution in [0, 0.1) is 20.8 Å². The van der Waals surface area contributed by atoms with Crippen molar-refractivity contribution < 1.29 is 9.59 Å². The average Bonchev–Trinajstić information content (AvgIpc) is 2.57. The van der Waals surface area contributed by atoms with Gasteiger partial charge in [0.2, 0.25) is 11.8 Å². The van der Waals surface area contributed by atoms with Gasteiger partial charge in [-0.15, -0.1) is 0 Å². The second-order valence-electron chi connectivity index (χ2n) is 6.82. The third-order valence-electron chi connectivity index (χ3n) is 4.44. The maximum absolute atomic E-state index is 12.2. The lowest BCUT2D eigenvalue weighted by Crippen LogP contribution is -2.23. The summed E-state index contributed by atoms with van der Waals surface area (Å²) >= 11 is 0. The molecule has 27 heavy (non-hydrogen) atoms. The molecule has 2 aromatic carbocycles. The van der Waals surface area contributed by atoms with Crippen molar-refractivity contribution in [2.45, 2.75) is 41.0 Å². The summed E-state index contributed by atoms with van der Waals surface area (Å²) in [4.78, 5) is 26.7. The molecule has 0 fully saturated rings. The fourth-order valence-corrected chi connectivity index (χ4v) is 3.17. The van der Waals surface area contributed by atoms with Crippen LogP contribution in [0.5, 0.6) is 0 Å². The number of carbonyl (C=O) groups is 2. The van der Waals surface area contributed by atoms with Gasteiger partial charge in [0.05, 0.1) is 0 Å². The Morgan fingerprint density at radius 1 is 0.852 bits per heavy atom. The summed E-state index contributed by atoms with van der Waals surface area (Å²) in [6, 6.07) is 11.7. The topological polar surface area (TPSA) is 61.4 Å². The van der Waals surface area contributed by atoms with E-state index in [1.165, 1.54) is 0 Å². The quantitative estimate of drug-likeness (QED) is 0.712. The summed E-state index contributed by atoms with van der Waals surface area (Å²) < 4.78 is 0. The van der Waals surface area contributed by atoms with Crippen molar-refractivity contribution in [3.05, 3.63) is 53.1 Å². The highest BCUT2D eigenvalue weighted by molar-refractivity contribution is 6.08. The Labute approximate surface area is 161 Å². The third-order valence-corrected chi connectivity index (χ3v) is 4.44. The van der Waals surface area contributed by atoms with Gasteiger partial charge in [-0.3, -0.25) is 9.59 Å². The van der Waals surface area contributed by atoms with Crippen molar-refractivity contribution in [2.75, 3.05) is 28.6 Å². The summed E-state index contributed by atoms with van der Waals surface area (Å²) in [6.07, 6.45) is -0.218. The summed E-state index contributed by atoms with van der Waals surface area (Å²) in [5.41, 5.74) is 5.68. The van der Waals surface area contributed by atoms with E-state index in [1.54, 1.807) is 0 Å². The monoisotopic (exact) mass is 367 g/mol. The number of amides is 2. The molecule has 2 rings (SSSR count). The Hall–Kier alpha value is -2.82. The molecule has 2 amide bonds. The fraction of sp³-hybridized carbons (Fsp3) is 0.364. The highest BCUT2D eigenvalue weighted by Crippen LogP contribution is 2.23. The van der Waals surface area contributed by atoms with Crippen LogP contribution >= 0.6 is 0 Å². The predicted molar refractivity (Wildman–Crippen MR) is 113 cm³/mol. The summed E-state index contributed by atoms with van der Waals surface area (Å²) in [7, 11) is 0. The molecule has 0 heterocycles. The molecule has 0 aromatic heterocycles. The molecule has 0 radical (unpaired) electrons. The number of hydrogen-bond donors (Lipinski definition) is 2. The third kappa shape index (κ3) is 5.84. The number of benzene rings is 2. The number of rotatable bonds is 7. The molecular weight excluding hydrogens is 338 g/mol. The van der Waals surface area contributed by atoms with E-state index < -0.39 is 0 Å². The Kier molecular flexibility index (Phi) is 6.99.